The summed E-state index contributed by atoms with van der Waals surface area (Å²) in [5, 5.41) is 8.96. The molecule has 8 heteroatoms. The number of nitrogens with zero attached hydrogens (tertiary/aromatic N) is 3. The third-order valence-electron chi connectivity index (χ3n) is 4.01. The molecule has 1 aromatic heterocycles. The predicted molar refractivity (Wildman–Crippen MR) is 112 cm³/mol. The van der Waals surface area contributed by atoms with Gasteiger partial charge in [-0.1, -0.05) is 23.7 Å². The van der Waals surface area contributed by atoms with Gasteiger partial charge in [-0.15, -0.1) is 0 Å². The number of ether oxygens (including phenoxy) is 2. The summed E-state index contributed by atoms with van der Waals surface area (Å²) < 4.78 is 12.5. The minimum Gasteiger partial charge on any atom is -0.496 e. The Balaban J connectivity index is 1.63. The second kappa shape index (κ2) is 9.75. The number of methoxy groups -OCH3 is 1. The van der Waals surface area contributed by atoms with Crippen molar-refractivity contribution in [3.8, 4) is 11.5 Å². The molecular weight excluding hydrogens is 392 g/mol. The maximum atomic E-state index is 12.3. The van der Waals surface area contributed by atoms with Crippen LogP contribution in [0.5, 0.6) is 11.5 Å². The molecule has 0 aliphatic heterocycles. The van der Waals surface area contributed by atoms with Gasteiger partial charge in [-0.25, -0.2) is 5.43 Å². The van der Waals surface area contributed by atoms with Crippen LogP contribution >= 0.6 is 11.6 Å². The van der Waals surface area contributed by atoms with E-state index in [-0.39, 0.29) is 5.69 Å². The summed E-state index contributed by atoms with van der Waals surface area (Å²) in [6, 6.07) is 14.5. The number of hydrogen-bond donors (Lipinski definition) is 1. The third-order valence-corrected chi connectivity index (χ3v) is 4.27. The highest BCUT2D eigenvalue weighted by molar-refractivity contribution is 6.30. The van der Waals surface area contributed by atoms with Crippen molar-refractivity contribution in [1.29, 1.82) is 0 Å². The Bertz CT molecular complexity index is 999. The Labute approximate surface area is 173 Å². The van der Waals surface area contributed by atoms with E-state index in [0.29, 0.717) is 35.2 Å². The van der Waals surface area contributed by atoms with Gasteiger partial charge in [0.15, 0.2) is 5.69 Å². The van der Waals surface area contributed by atoms with Crippen LogP contribution in [-0.4, -0.2) is 35.6 Å². The minimum atomic E-state index is -0.406. The van der Waals surface area contributed by atoms with Gasteiger partial charge in [-0.2, -0.15) is 10.2 Å². The highest BCUT2D eigenvalue weighted by atomic mass is 35.5. The van der Waals surface area contributed by atoms with Gasteiger partial charge in [0.25, 0.3) is 5.91 Å². The first-order chi connectivity index (χ1) is 14.1. The molecule has 0 fully saturated rings. The molecule has 0 aliphatic carbocycles. The van der Waals surface area contributed by atoms with E-state index in [2.05, 4.69) is 15.6 Å². The average Bonchev–Trinajstić information content (AvgIpc) is 3.19. The number of hydrogen-bond acceptors (Lipinski definition) is 5. The van der Waals surface area contributed by atoms with Gasteiger partial charge in [0.05, 0.1) is 26.5 Å². The topological polar surface area (TPSA) is 77.7 Å². The van der Waals surface area contributed by atoms with Crippen LogP contribution in [0.15, 0.2) is 59.8 Å². The van der Waals surface area contributed by atoms with Crippen LogP contribution in [0.25, 0.3) is 0 Å². The molecule has 0 unspecified atom stereocenters. The zero-order valence-corrected chi connectivity index (χ0v) is 16.9. The second-order valence-corrected chi connectivity index (χ2v) is 6.50. The molecule has 1 heterocycles. The van der Waals surface area contributed by atoms with E-state index in [1.807, 2.05) is 37.3 Å². The molecule has 2 aromatic carbocycles. The molecule has 1 amide bonds. The summed E-state index contributed by atoms with van der Waals surface area (Å²) in [4.78, 5) is 12.3. The lowest BCUT2D eigenvalue weighted by molar-refractivity contribution is 0.0949. The molecule has 3 aromatic rings. The monoisotopic (exact) mass is 412 g/mol. The van der Waals surface area contributed by atoms with E-state index in [9.17, 15) is 4.79 Å². The molecule has 1 N–H and O–H groups in total. The Kier molecular flexibility index (Phi) is 6.86. The number of hydrazone groups is 1. The number of nitrogens with one attached hydrogen (secondary N) is 1. The normalized spacial score (nSPS) is 10.9. The summed E-state index contributed by atoms with van der Waals surface area (Å²) in [7, 11) is 1.57. The first-order valence-electron chi connectivity index (χ1n) is 9.01. The molecule has 0 saturated heterocycles. The smallest absolute Gasteiger partial charge is 0.291 e. The fourth-order valence-corrected chi connectivity index (χ4v) is 2.76. The molecule has 0 bridgehead atoms. The van der Waals surface area contributed by atoms with Crippen molar-refractivity contribution in [2.75, 3.05) is 13.7 Å². The summed E-state index contributed by atoms with van der Waals surface area (Å²) in [5.41, 5.74) is 4.46. The predicted octanol–water partition coefficient (Wildman–Crippen LogP) is 3.76. The number of halogens is 1. The zero-order chi connectivity index (χ0) is 20.6. The highest BCUT2D eigenvalue weighted by Gasteiger charge is 2.09. The maximum absolute atomic E-state index is 12.3. The van der Waals surface area contributed by atoms with Gasteiger partial charge >= 0.3 is 0 Å². The van der Waals surface area contributed by atoms with Crippen molar-refractivity contribution < 1.29 is 14.3 Å². The summed E-state index contributed by atoms with van der Waals surface area (Å²) in [6.07, 6.45) is 3.24. The second-order valence-electron chi connectivity index (χ2n) is 6.06. The van der Waals surface area contributed by atoms with E-state index < -0.39 is 5.91 Å². The lowest BCUT2D eigenvalue weighted by Crippen LogP contribution is -2.18. The van der Waals surface area contributed by atoms with Crippen LogP contribution < -0.4 is 14.9 Å². The summed E-state index contributed by atoms with van der Waals surface area (Å²) in [6.45, 7) is 3.00. The van der Waals surface area contributed by atoms with Gasteiger partial charge in [0.1, 0.15) is 11.5 Å². The SMILES string of the molecule is CCOc1ccc(OC)c(C=NNC(=O)c2ccn(Cc3ccc(Cl)cc3)n2)c1. The first-order valence-corrected chi connectivity index (χ1v) is 9.39. The van der Waals surface area contributed by atoms with Crippen LogP contribution in [0.2, 0.25) is 5.02 Å². The molecule has 29 heavy (non-hydrogen) atoms. The van der Waals surface area contributed by atoms with Gasteiger partial charge < -0.3 is 9.47 Å². The largest absolute Gasteiger partial charge is 0.496 e. The van der Waals surface area contributed by atoms with Gasteiger partial charge in [-0.05, 0) is 48.9 Å². The van der Waals surface area contributed by atoms with E-state index in [0.717, 1.165) is 5.56 Å². The van der Waals surface area contributed by atoms with Crippen molar-refractivity contribution in [2.24, 2.45) is 5.10 Å². The van der Waals surface area contributed by atoms with Gasteiger partial charge in [0.2, 0.25) is 0 Å². The van der Waals surface area contributed by atoms with Crippen LogP contribution in [0.3, 0.4) is 0 Å². The molecule has 0 saturated carbocycles. The van der Waals surface area contributed by atoms with Crippen molar-refractivity contribution in [3.05, 3.63) is 76.6 Å². The summed E-state index contributed by atoms with van der Waals surface area (Å²) >= 11 is 5.89. The van der Waals surface area contributed by atoms with Crippen molar-refractivity contribution in [1.82, 2.24) is 15.2 Å². The van der Waals surface area contributed by atoms with E-state index >= 15 is 0 Å². The number of carbonyl (C=O) groups excluding carboxylic acids is 1. The fraction of sp³-hybridized carbons (Fsp3) is 0.190. The van der Waals surface area contributed by atoms with Crippen LogP contribution in [0.4, 0.5) is 0 Å². The summed E-state index contributed by atoms with van der Waals surface area (Å²) in [5.74, 6) is 0.914. The number of amides is 1. The van der Waals surface area contributed by atoms with Crippen molar-refractivity contribution in [2.45, 2.75) is 13.5 Å². The number of benzene rings is 2. The molecule has 0 radical (unpaired) electrons. The highest BCUT2D eigenvalue weighted by Crippen LogP contribution is 2.22. The van der Waals surface area contributed by atoms with Crippen molar-refractivity contribution >= 4 is 23.7 Å². The van der Waals surface area contributed by atoms with Gasteiger partial charge in [-0.3, -0.25) is 9.48 Å². The molecule has 3 rings (SSSR count). The molecule has 0 spiro atoms. The Morgan fingerprint density at radius 3 is 2.76 bits per heavy atom. The Hall–Kier alpha value is -3.32. The zero-order valence-electron chi connectivity index (χ0n) is 16.1. The Morgan fingerprint density at radius 1 is 1.24 bits per heavy atom. The van der Waals surface area contributed by atoms with Crippen LogP contribution in [0.1, 0.15) is 28.5 Å². The fourth-order valence-electron chi connectivity index (χ4n) is 2.64. The van der Waals surface area contributed by atoms with Crippen LogP contribution in [-0.2, 0) is 6.54 Å². The quantitative estimate of drug-likeness (QED) is 0.451. The minimum absolute atomic E-state index is 0.270. The average molecular weight is 413 g/mol. The molecule has 7 nitrogen and oxygen atoms in total. The Morgan fingerprint density at radius 2 is 2.03 bits per heavy atom. The first kappa shape index (κ1) is 20.4. The standard InChI is InChI=1S/C21H21ClN4O3/c1-3-29-18-8-9-20(28-2)16(12-18)13-23-24-21(27)19-10-11-26(25-19)14-15-4-6-17(22)7-5-15/h4-13H,3,14H2,1-2H3,(H,24,27). The van der Waals surface area contributed by atoms with Crippen molar-refractivity contribution in [3.63, 3.8) is 0 Å². The third kappa shape index (κ3) is 5.58. The van der Waals surface area contributed by atoms with E-state index in [1.165, 1.54) is 6.21 Å². The van der Waals surface area contributed by atoms with Crippen LogP contribution in [0, 0.1) is 0 Å². The van der Waals surface area contributed by atoms with E-state index in [4.69, 9.17) is 21.1 Å². The molecule has 150 valence electrons. The molecular formula is C21H21ClN4O3. The maximum Gasteiger partial charge on any atom is 0.291 e. The van der Waals surface area contributed by atoms with Gasteiger partial charge in [0, 0.05) is 16.8 Å². The molecule has 0 aliphatic rings. The number of rotatable bonds is 8. The lowest BCUT2D eigenvalue weighted by atomic mass is 10.2. The number of aromatic nitrogens is 2. The molecule has 0 atom stereocenters. The van der Waals surface area contributed by atoms with E-state index in [1.54, 1.807) is 36.2 Å². The number of carbonyl (C=O) groups is 1. The lowest BCUT2D eigenvalue weighted by Gasteiger charge is -2.08.